The van der Waals surface area contributed by atoms with Crippen LogP contribution in [-0.4, -0.2) is 43.2 Å². The Hall–Kier alpha value is -2.30. The molecule has 3 N–H and O–H groups in total. The molecule has 10 heteroatoms. The number of morpholine rings is 1. The number of rotatable bonds is 4. The molecule has 2 aliphatic rings. The van der Waals surface area contributed by atoms with Crippen LogP contribution in [-0.2, 0) is 14.8 Å². The first-order valence-corrected chi connectivity index (χ1v) is 10.6. The Morgan fingerprint density at radius 1 is 1.32 bits per heavy atom. The van der Waals surface area contributed by atoms with Gasteiger partial charge in [0.2, 0.25) is 16.0 Å². The molecule has 1 spiro atoms. The van der Waals surface area contributed by atoms with Crippen LogP contribution >= 0.6 is 0 Å². The van der Waals surface area contributed by atoms with Crippen LogP contribution in [0.2, 0.25) is 0 Å². The third-order valence-electron chi connectivity index (χ3n) is 5.32. The molecule has 1 saturated carbocycles. The zero-order valence-electron chi connectivity index (χ0n) is 15.4. The highest BCUT2D eigenvalue weighted by atomic mass is 32.2. The van der Waals surface area contributed by atoms with Crippen molar-refractivity contribution in [3.8, 4) is 0 Å². The lowest BCUT2D eigenvalue weighted by Crippen LogP contribution is -2.59. The molecule has 8 nitrogen and oxygen atoms in total. The van der Waals surface area contributed by atoms with E-state index in [-0.39, 0.29) is 28.3 Å². The van der Waals surface area contributed by atoms with Crippen LogP contribution in [0.5, 0.6) is 0 Å². The van der Waals surface area contributed by atoms with Gasteiger partial charge in [0.15, 0.2) is 11.6 Å². The Kier molecular flexibility index (Phi) is 4.72. The van der Waals surface area contributed by atoms with E-state index in [1.54, 1.807) is 12.1 Å². The number of halogens is 1. The Morgan fingerprint density at radius 3 is 2.64 bits per heavy atom. The molecule has 1 aliphatic carbocycles. The number of primary sulfonamides is 1. The summed E-state index contributed by atoms with van der Waals surface area (Å²) in [5.41, 5.74) is 0.372. The quantitative estimate of drug-likeness (QED) is 0.799. The molecular weight excluding hydrogens is 385 g/mol. The van der Waals surface area contributed by atoms with E-state index in [9.17, 15) is 12.8 Å². The van der Waals surface area contributed by atoms with Crippen molar-refractivity contribution in [1.29, 1.82) is 0 Å². The fourth-order valence-electron chi connectivity index (χ4n) is 3.53. The molecular formula is C18H22FN5O3S. The largest absolute Gasteiger partial charge is 0.371 e. The molecule has 28 heavy (non-hydrogen) atoms. The second-order valence-corrected chi connectivity index (χ2v) is 8.95. The van der Waals surface area contributed by atoms with Crippen molar-refractivity contribution in [2.45, 2.75) is 42.7 Å². The van der Waals surface area contributed by atoms with Crippen LogP contribution in [0.4, 0.5) is 21.8 Å². The predicted molar refractivity (Wildman–Crippen MR) is 102 cm³/mol. The maximum atomic E-state index is 14.5. The summed E-state index contributed by atoms with van der Waals surface area (Å²) in [7, 11) is -3.76. The Bertz CT molecular complexity index is 979. The van der Waals surface area contributed by atoms with Crippen LogP contribution in [0.1, 0.15) is 26.2 Å². The number of hydrogen-bond donors (Lipinski definition) is 2. The predicted octanol–water partition coefficient (Wildman–Crippen LogP) is 2.15. The third-order valence-corrected chi connectivity index (χ3v) is 6.25. The molecule has 1 aliphatic heterocycles. The number of aromatic nitrogens is 2. The number of sulfonamides is 1. The lowest BCUT2D eigenvalue weighted by atomic mass is 9.78. The highest BCUT2D eigenvalue weighted by molar-refractivity contribution is 7.89. The number of nitrogens with one attached hydrogen (secondary N) is 1. The van der Waals surface area contributed by atoms with E-state index in [2.05, 4.69) is 15.3 Å². The fraction of sp³-hybridized carbons (Fsp3) is 0.444. The van der Waals surface area contributed by atoms with Gasteiger partial charge in [-0.2, -0.15) is 4.98 Å². The Morgan fingerprint density at radius 2 is 2.04 bits per heavy atom. The van der Waals surface area contributed by atoms with Crippen molar-refractivity contribution in [3.63, 3.8) is 0 Å². The van der Waals surface area contributed by atoms with Crippen LogP contribution in [0.15, 0.2) is 35.4 Å². The highest BCUT2D eigenvalue weighted by Gasteiger charge is 2.45. The first kappa shape index (κ1) is 19.0. The van der Waals surface area contributed by atoms with Gasteiger partial charge in [-0.15, -0.1) is 0 Å². The molecule has 1 aromatic carbocycles. The second kappa shape index (κ2) is 6.94. The van der Waals surface area contributed by atoms with Gasteiger partial charge in [-0.1, -0.05) is 0 Å². The maximum Gasteiger partial charge on any atom is 0.238 e. The topological polar surface area (TPSA) is 110 Å². The Balaban J connectivity index is 1.57. The molecule has 4 rings (SSSR count). The minimum absolute atomic E-state index is 0.00230. The number of ether oxygens (including phenoxy) is 1. The van der Waals surface area contributed by atoms with Gasteiger partial charge in [0.05, 0.1) is 29.3 Å². The van der Waals surface area contributed by atoms with Gasteiger partial charge in [-0.25, -0.2) is 22.9 Å². The van der Waals surface area contributed by atoms with Crippen LogP contribution < -0.4 is 15.4 Å². The molecule has 150 valence electrons. The van der Waals surface area contributed by atoms with Crippen LogP contribution in [0, 0.1) is 5.82 Å². The first-order chi connectivity index (χ1) is 13.3. The van der Waals surface area contributed by atoms with E-state index in [1.807, 2.05) is 11.8 Å². The van der Waals surface area contributed by atoms with Crippen LogP contribution in [0.3, 0.4) is 0 Å². The average molecular weight is 407 g/mol. The number of hydrogen-bond acceptors (Lipinski definition) is 7. The molecule has 0 amide bonds. The monoisotopic (exact) mass is 407 g/mol. The van der Waals surface area contributed by atoms with E-state index in [0.717, 1.165) is 25.5 Å². The molecule has 1 saturated heterocycles. The lowest BCUT2D eigenvalue weighted by Gasteiger charge is -2.51. The van der Waals surface area contributed by atoms with Gasteiger partial charge >= 0.3 is 0 Å². The van der Waals surface area contributed by atoms with Crippen molar-refractivity contribution in [3.05, 3.63) is 36.3 Å². The smallest absolute Gasteiger partial charge is 0.238 e. The first-order valence-electron chi connectivity index (χ1n) is 9.09. The maximum absolute atomic E-state index is 14.5. The van der Waals surface area contributed by atoms with Gasteiger partial charge in [-0.3, -0.25) is 0 Å². The summed E-state index contributed by atoms with van der Waals surface area (Å²) in [4.78, 5) is 10.3. The van der Waals surface area contributed by atoms with Crippen LogP contribution in [0.25, 0.3) is 0 Å². The second-order valence-electron chi connectivity index (χ2n) is 7.38. The Labute approximate surface area is 163 Å². The lowest BCUT2D eigenvalue weighted by molar-refractivity contribution is -0.117. The number of anilines is 3. The van der Waals surface area contributed by atoms with E-state index in [0.29, 0.717) is 18.8 Å². The molecule has 1 atom stereocenters. The molecule has 0 unspecified atom stereocenters. The zero-order valence-corrected chi connectivity index (χ0v) is 16.2. The summed E-state index contributed by atoms with van der Waals surface area (Å²) in [6, 6.07) is 5.86. The standard InChI is InChI=1S/C18H22FN5O3S/c1-12-10-27-18(7-2-8-18)11-24(12)16-15(19)9-21-17(23-16)22-13-3-5-14(6-4-13)28(20,25)26/h3-6,9,12H,2,7-8,10-11H2,1H3,(H2,20,25,26)(H,21,22,23)/t12-/m0/s1. The van der Waals surface area contributed by atoms with Gasteiger partial charge < -0.3 is 15.0 Å². The van der Waals surface area contributed by atoms with Gasteiger partial charge in [0.1, 0.15) is 0 Å². The number of nitrogens with two attached hydrogens (primary N) is 1. The molecule has 2 fully saturated rings. The minimum Gasteiger partial charge on any atom is -0.371 e. The summed E-state index contributed by atoms with van der Waals surface area (Å²) in [6.07, 6.45) is 4.21. The minimum atomic E-state index is -3.76. The molecule has 1 aromatic heterocycles. The normalized spacial score (nSPS) is 21.4. The van der Waals surface area contributed by atoms with E-state index >= 15 is 0 Å². The fourth-order valence-corrected chi connectivity index (χ4v) is 4.05. The number of benzene rings is 1. The summed E-state index contributed by atoms with van der Waals surface area (Å²) < 4.78 is 43.2. The third kappa shape index (κ3) is 3.67. The van der Waals surface area contributed by atoms with Crippen molar-refractivity contribution in [2.24, 2.45) is 5.14 Å². The SMILES string of the molecule is C[C@H]1COC2(CCC2)CN1c1nc(Nc2ccc(S(N)(=O)=O)cc2)ncc1F. The zero-order chi connectivity index (χ0) is 19.9. The van der Waals surface area contributed by atoms with Crippen molar-refractivity contribution in [2.75, 3.05) is 23.4 Å². The summed E-state index contributed by atoms with van der Waals surface area (Å²) in [6.45, 7) is 3.11. The summed E-state index contributed by atoms with van der Waals surface area (Å²) in [5.74, 6) is -0.0276. The van der Waals surface area contributed by atoms with E-state index in [1.165, 1.54) is 12.1 Å². The van der Waals surface area contributed by atoms with Crippen molar-refractivity contribution < 1.29 is 17.5 Å². The van der Waals surface area contributed by atoms with Gasteiger partial charge in [-0.05, 0) is 50.5 Å². The molecule has 2 aromatic rings. The van der Waals surface area contributed by atoms with Gasteiger partial charge in [0.25, 0.3) is 0 Å². The molecule has 0 bridgehead atoms. The summed E-state index contributed by atoms with van der Waals surface area (Å²) >= 11 is 0. The van der Waals surface area contributed by atoms with E-state index < -0.39 is 15.8 Å². The molecule has 2 heterocycles. The average Bonchev–Trinajstić information content (AvgIpc) is 2.62. The van der Waals surface area contributed by atoms with Crippen molar-refractivity contribution in [1.82, 2.24) is 9.97 Å². The number of nitrogens with zero attached hydrogens (tertiary/aromatic N) is 3. The van der Waals surface area contributed by atoms with Gasteiger partial charge in [0, 0.05) is 12.2 Å². The van der Waals surface area contributed by atoms with Crippen molar-refractivity contribution >= 4 is 27.5 Å². The highest BCUT2D eigenvalue weighted by Crippen LogP contribution is 2.40. The summed E-state index contributed by atoms with van der Waals surface area (Å²) in [5, 5.41) is 8.07. The molecule has 0 radical (unpaired) electrons. The van der Waals surface area contributed by atoms with E-state index in [4.69, 9.17) is 9.88 Å².